The summed E-state index contributed by atoms with van der Waals surface area (Å²) in [5, 5.41) is 0. The van der Waals surface area contributed by atoms with Gasteiger partial charge in [-0.25, -0.2) is 0 Å². The van der Waals surface area contributed by atoms with Crippen LogP contribution in [0.15, 0.2) is 67.0 Å². The Balaban J connectivity index is 1.71. The second-order valence-electron chi connectivity index (χ2n) is 6.12. The zero-order valence-electron chi connectivity index (χ0n) is 12.3. The van der Waals surface area contributed by atoms with E-state index < -0.39 is 0 Å². The average molecular weight is 276 g/mol. The van der Waals surface area contributed by atoms with Gasteiger partial charge in [-0.2, -0.15) is 0 Å². The van der Waals surface area contributed by atoms with Gasteiger partial charge < -0.3 is 0 Å². The van der Waals surface area contributed by atoms with Gasteiger partial charge in [-0.3, -0.25) is 9.88 Å². The fourth-order valence-electron chi connectivity index (χ4n) is 3.99. The lowest BCUT2D eigenvalue weighted by molar-refractivity contribution is 0.145. The molecule has 1 aromatic heterocycles. The molecule has 2 aromatic rings. The Kier molecular flexibility index (Phi) is 3.12. The van der Waals surface area contributed by atoms with Gasteiger partial charge in [0.25, 0.3) is 0 Å². The molecule has 1 aliphatic heterocycles. The van der Waals surface area contributed by atoms with Gasteiger partial charge in [-0.15, -0.1) is 0 Å². The number of benzene rings is 1. The summed E-state index contributed by atoms with van der Waals surface area (Å²) in [6.07, 6.45) is 9.92. The van der Waals surface area contributed by atoms with E-state index in [2.05, 4.69) is 71.4 Å². The van der Waals surface area contributed by atoms with Crippen LogP contribution in [-0.2, 0) is 0 Å². The van der Waals surface area contributed by atoms with Crippen molar-refractivity contribution in [1.82, 2.24) is 9.88 Å². The molecule has 0 amide bonds. The smallest absolute Gasteiger partial charge is 0.0438 e. The molecule has 1 aromatic carbocycles. The number of hydrogen-bond acceptors (Lipinski definition) is 2. The fraction of sp³-hybridized carbons (Fsp3) is 0.316. The maximum Gasteiger partial charge on any atom is 0.0438 e. The SMILES string of the molecule is C[C@@H](c1ccccc1)N1[C@H]2C=C[C@H](C2)[C@@H]1c1cccnc1. The first-order chi connectivity index (χ1) is 10.3. The van der Waals surface area contributed by atoms with Crippen LogP contribution < -0.4 is 0 Å². The third-order valence-electron chi connectivity index (χ3n) is 4.96. The number of aromatic nitrogens is 1. The van der Waals surface area contributed by atoms with Gasteiger partial charge in [0.2, 0.25) is 0 Å². The quantitative estimate of drug-likeness (QED) is 0.783. The van der Waals surface area contributed by atoms with Crippen molar-refractivity contribution in [3.05, 3.63) is 78.1 Å². The number of hydrogen-bond donors (Lipinski definition) is 0. The zero-order valence-corrected chi connectivity index (χ0v) is 12.3. The maximum atomic E-state index is 4.33. The van der Waals surface area contributed by atoms with Gasteiger partial charge >= 0.3 is 0 Å². The number of fused-ring (bicyclic) bond motifs is 2. The molecule has 2 bridgehead atoms. The molecule has 0 N–H and O–H groups in total. The minimum atomic E-state index is 0.427. The van der Waals surface area contributed by atoms with Gasteiger partial charge in [0.15, 0.2) is 0 Å². The molecular formula is C19H20N2. The molecule has 2 nitrogen and oxygen atoms in total. The minimum absolute atomic E-state index is 0.427. The summed E-state index contributed by atoms with van der Waals surface area (Å²) in [7, 11) is 0. The average Bonchev–Trinajstić information content (AvgIpc) is 3.17. The van der Waals surface area contributed by atoms with Crippen LogP contribution in [0.4, 0.5) is 0 Å². The standard InChI is InChI=1S/C19H20N2/c1-14(15-6-3-2-4-7-15)21-18-10-9-16(12-18)19(21)17-8-5-11-20-13-17/h2-11,13-14,16,18-19H,12H2,1H3/t14-,16+,18-,19+/m0/s1. The first kappa shape index (κ1) is 12.8. The Labute approximate surface area is 126 Å². The monoisotopic (exact) mass is 276 g/mol. The Hall–Kier alpha value is -1.93. The van der Waals surface area contributed by atoms with Crippen LogP contribution in [0.5, 0.6) is 0 Å². The molecule has 2 heterocycles. The number of nitrogens with zero attached hydrogens (tertiary/aromatic N) is 2. The molecule has 0 radical (unpaired) electrons. The number of likely N-dealkylation sites (tertiary alicyclic amines) is 1. The molecule has 0 unspecified atom stereocenters. The van der Waals surface area contributed by atoms with E-state index in [4.69, 9.17) is 0 Å². The van der Waals surface area contributed by atoms with Crippen LogP contribution in [0.3, 0.4) is 0 Å². The first-order valence-corrected chi connectivity index (χ1v) is 7.75. The Morgan fingerprint density at radius 3 is 2.71 bits per heavy atom. The van der Waals surface area contributed by atoms with Crippen LogP contribution in [-0.4, -0.2) is 15.9 Å². The molecule has 1 saturated heterocycles. The van der Waals surface area contributed by atoms with Crippen LogP contribution in [0, 0.1) is 5.92 Å². The lowest BCUT2D eigenvalue weighted by Gasteiger charge is -2.37. The van der Waals surface area contributed by atoms with E-state index in [-0.39, 0.29) is 0 Å². The Morgan fingerprint density at radius 2 is 1.95 bits per heavy atom. The van der Waals surface area contributed by atoms with E-state index >= 15 is 0 Å². The first-order valence-electron chi connectivity index (χ1n) is 7.75. The van der Waals surface area contributed by atoms with Gasteiger partial charge in [-0.1, -0.05) is 48.6 Å². The zero-order chi connectivity index (χ0) is 14.2. The molecule has 1 fully saturated rings. The van der Waals surface area contributed by atoms with Gasteiger partial charge in [0.05, 0.1) is 0 Å². The van der Waals surface area contributed by atoms with Crippen molar-refractivity contribution in [2.75, 3.05) is 0 Å². The summed E-state index contributed by atoms with van der Waals surface area (Å²) >= 11 is 0. The normalized spacial score (nSPS) is 28.9. The van der Waals surface area contributed by atoms with Crippen molar-refractivity contribution in [2.24, 2.45) is 5.92 Å². The van der Waals surface area contributed by atoms with E-state index in [1.165, 1.54) is 17.5 Å². The molecule has 4 rings (SSSR count). The second kappa shape index (κ2) is 5.12. The summed E-state index contributed by atoms with van der Waals surface area (Å²) in [6.45, 7) is 2.33. The molecule has 4 atom stereocenters. The molecule has 2 heteroatoms. The Bertz CT molecular complexity index is 635. The van der Waals surface area contributed by atoms with Crippen molar-refractivity contribution < 1.29 is 0 Å². The molecule has 0 saturated carbocycles. The second-order valence-corrected chi connectivity index (χ2v) is 6.12. The van der Waals surface area contributed by atoms with Gasteiger partial charge in [-0.05, 0) is 36.5 Å². The van der Waals surface area contributed by atoms with Crippen molar-refractivity contribution in [3.8, 4) is 0 Å². The number of pyridine rings is 1. The highest BCUT2D eigenvalue weighted by atomic mass is 15.2. The van der Waals surface area contributed by atoms with Crippen LogP contribution in [0.25, 0.3) is 0 Å². The summed E-state index contributed by atoms with van der Waals surface area (Å²) in [5.74, 6) is 0.630. The molecule has 0 spiro atoms. The van der Waals surface area contributed by atoms with E-state index in [0.29, 0.717) is 24.0 Å². The minimum Gasteiger partial charge on any atom is -0.283 e. The summed E-state index contributed by atoms with van der Waals surface area (Å²) in [4.78, 5) is 6.99. The summed E-state index contributed by atoms with van der Waals surface area (Å²) < 4.78 is 0. The topological polar surface area (TPSA) is 16.1 Å². The van der Waals surface area contributed by atoms with Crippen LogP contribution in [0.2, 0.25) is 0 Å². The molecule has 2 aliphatic rings. The highest BCUT2D eigenvalue weighted by Gasteiger charge is 2.45. The maximum absolute atomic E-state index is 4.33. The third-order valence-corrected chi connectivity index (χ3v) is 4.96. The van der Waals surface area contributed by atoms with E-state index in [1.54, 1.807) is 0 Å². The van der Waals surface area contributed by atoms with Crippen LogP contribution in [0.1, 0.15) is 36.6 Å². The lowest BCUT2D eigenvalue weighted by Crippen LogP contribution is -2.35. The van der Waals surface area contributed by atoms with Gasteiger partial charge in [0, 0.05) is 30.5 Å². The third kappa shape index (κ3) is 2.11. The van der Waals surface area contributed by atoms with Gasteiger partial charge in [0.1, 0.15) is 0 Å². The largest absolute Gasteiger partial charge is 0.283 e. The fourth-order valence-corrected chi connectivity index (χ4v) is 3.99. The van der Waals surface area contributed by atoms with E-state index in [0.717, 1.165) is 0 Å². The summed E-state index contributed by atoms with van der Waals surface area (Å²) in [5.41, 5.74) is 2.74. The summed E-state index contributed by atoms with van der Waals surface area (Å²) in [6, 6.07) is 16.6. The van der Waals surface area contributed by atoms with Crippen molar-refractivity contribution in [3.63, 3.8) is 0 Å². The molecule has 106 valence electrons. The number of rotatable bonds is 3. The van der Waals surface area contributed by atoms with E-state index in [9.17, 15) is 0 Å². The highest BCUT2D eigenvalue weighted by Crippen LogP contribution is 2.49. The van der Waals surface area contributed by atoms with Crippen LogP contribution >= 0.6 is 0 Å². The predicted molar refractivity (Wildman–Crippen MR) is 84.7 cm³/mol. The molecule has 1 aliphatic carbocycles. The Morgan fingerprint density at radius 1 is 1.10 bits per heavy atom. The van der Waals surface area contributed by atoms with Crippen molar-refractivity contribution in [2.45, 2.75) is 31.5 Å². The van der Waals surface area contributed by atoms with Crippen molar-refractivity contribution >= 4 is 0 Å². The highest BCUT2D eigenvalue weighted by molar-refractivity contribution is 5.29. The molecule has 21 heavy (non-hydrogen) atoms. The molecular weight excluding hydrogens is 256 g/mol. The predicted octanol–water partition coefficient (Wildman–Crippen LogP) is 4.14. The lowest BCUT2D eigenvalue weighted by atomic mass is 9.94. The van der Waals surface area contributed by atoms with E-state index in [1.807, 2.05) is 12.4 Å². The van der Waals surface area contributed by atoms with Crippen molar-refractivity contribution in [1.29, 1.82) is 0 Å².